The maximum atomic E-state index is 12.1. The van der Waals surface area contributed by atoms with Crippen LogP contribution in [-0.2, 0) is 9.59 Å². The van der Waals surface area contributed by atoms with Crippen LogP contribution in [0, 0.1) is 13.8 Å². The van der Waals surface area contributed by atoms with Gasteiger partial charge in [0.1, 0.15) is 11.8 Å². The first-order valence-corrected chi connectivity index (χ1v) is 6.77. The standard InChI is InChI=1S/C15H20N2O3/c1-10-5-4-6-13(11(10)2)20-9-14(18)17-8-7-16-15(19)12(17)3/h4-6,12H,7-9H2,1-3H3,(H,16,19). The summed E-state index contributed by atoms with van der Waals surface area (Å²) in [5.74, 6) is 0.442. The van der Waals surface area contributed by atoms with Crippen molar-refractivity contribution in [3.8, 4) is 5.75 Å². The van der Waals surface area contributed by atoms with Gasteiger partial charge in [0.25, 0.3) is 5.91 Å². The molecule has 0 spiro atoms. The zero-order valence-corrected chi connectivity index (χ0v) is 12.1. The zero-order chi connectivity index (χ0) is 14.7. The minimum atomic E-state index is -0.432. The lowest BCUT2D eigenvalue weighted by atomic mass is 10.1. The normalized spacial score (nSPS) is 18.6. The second-order valence-electron chi connectivity index (χ2n) is 5.04. The third-order valence-electron chi connectivity index (χ3n) is 3.73. The predicted octanol–water partition coefficient (Wildman–Crippen LogP) is 1.03. The third kappa shape index (κ3) is 2.92. The number of hydrogen-bond acceptors (Lipinski definition) is 3. The van der Waals surface area contributed by atoms with E-state index in [9.17, 15) is 9.59 Å². The molecular weight excluding hydrogens is 256 g/mol. The molecule has 1 aliphatic rings. The highest BCUT2D eigenvalue weighted by Gasteiger charge is 2.29. The number of ether oxygens (including phenoxy) is 1. The summed E-state index contributed by atoms with van der Waals surface area (Å²) in [5, 5.41) is 2.73. The number of nitrogens with zero attached hydrogens (tertiary/aromatic N) is 1. The van der Waals surface area contributed by atoms with E-state index in [4.69, 9.17) is 4.74 Å². The molecule has 1 unspecified atom stereocenters. The molecule has 2 rings (SSSR count). The molecule has 5 nitrogen and oxygen atoms in total. The Morgan fingerprint density at radius 2 is 2.20 bits per heavy atom. The van der Waals surface area contributed by atoms with Crippen molar-refractivity contribution in [2.45, 2.75) is 26.8 Å². The van der Waals surface area contributed by atoms with Gasteiger partial charge in [0, 0.05) is 13.1 Å². The van der Waals surface area contributed by atoms with Gasteiger partial charge < -0.3 is 15.0 Å². The summed E-state index contributed by atoms with van der Waals surface area (Å²) in [5.41, 5.74) is 2.16. The molecule has 1 fully saturated rings. The number of rotatable bonds is 3. The van der Waals surface area contributed by atoms with Gasteiger partial charge in [-0.3, -0.25) is 9.59 Å². The van der Waals surface area contributed by atoms with Crippen molar-refractivity contribution in [2.75, 3.05) is 19.7 Å². The summed E-state index contributed by atoms with van der Waals surface area (Å²) >= 11 is 0. The highest BCUT2D eigenvalue weighted by molar-refractivity contribution is 5.89. The Morgan fingerprint density at radius 3 is 2.95 bits per heavy atom. The van der Waals surface area contributed by atoms with Gasteiger partial charge in [-0.25, -0.2) is 0 Å². The van der Waals surface area contributed by atoms with E-state index in [-0.39, 0.29) is 18.4 Å². The van der Waals surface area contributed by atoms with Gasteiger partial charge >= 0.3 is 0 Å². The quantitative estimate of drug-likeness (QED) is 0.897. The molecule has 1 heterocycles. The Kier molecular flexibility index (Phi) is 4.27. The number of carbonyl (C=O) groups excluding carboxylic acids is 2. The fraction of sp³-hybridized carbons (Fsp3) is 0.467. The molecule has 1 aromatic rings. The van der Waals surface area contributed by atoms with Gasteiger partial charge in [-0.1, -0.05) is 12.1 Å². The second kappa shape index (κ2) is 5.94. The number of amides is 2. The molecule has 0 aliphatic carbocycles. The SMILES string of the molecule is Cc1cccc(OCC(=O)N2CCNC(=O)C2C)c1C. The lowest BCUT2D eigenvalue weighted by Gasteiger charge is -2.32. The van der Waals surface area contributed by atoms with E-state index < -0.39 is 6.04 Å². The van der Waals surface area contributed by atoms with Crippen LogP contribution in [0.3, 0.4) is 0 Å². The molecule has 0 aromatic heterocycles. The zero-order valence-electron chi connectivity index (χ0n) is 12.1. The minimum absolute atomic E-state index is 0.0398. The van der Waals surface area contributed by atoms with Crippen LogP contribution in [0.15, 0.2) is 18.2 Å². The Labute approximate surface area is 118 Å². The van der Waals surface area contributed by atoms with Crippen molar-refractivity contribution in [2.24, 2.45) is 0 Å². The summed E-state index contributed by atoms with van der Waals surface area (Å²) in [6.45, 7) is 6.68. The molecular formula is C15H20N2O3. The minimum Gasteiger partial charge on any atom is -0.483 e. The smallest absolute Gasteiger partial charge is 0.261 e. The van der Waals surface area contributed by atoms with Crippen LogP contribution in [0.25, 0.3) is 0 Å². The van der Waals surface area contributed by atoms with Gasteiger partial charge in [0.05, 0.1) is 0 Å². The van der Waals surface area contributed by atoms with Crippen LogP contribution in [0.1, 0.15) is 18.1 Å². The van der Waals surface area contributed by atoms with Crippen LogP contribution in [0.2, 0.25) is 0 Å². The van der Waals surface area contributed by atoms with Gasteiger partial charge in [-0.2, -0.15) is 0 Å². The first-order valence-electron chi connectivity index (χ1n) is 6.77. The van der Waals surface area contributed by atoms with Crippen molar-refractivity contribution < 1.29 is 14.3 Å². The molecule has 1 aromatic carbocycles. The van der Waals surface area contributed by atoms with Gasteiger partial charge in [0.2, 0.25) is 5.91 Å². The largest absolute Gasteiger partial charge is 0.483 e. The first-order chi connectivity index (χ1) is 9.50. The summed E-state index contributed by atoms with van der Waals surface area (Å²) < 4.78 is 5.59. The fourth-order valence-corrected chi connectivity index (χ4v) is 2.23. The molecule has 5 heteroatoms. The second-order valence-corrected chi connectivity index (χ2v) is 5.04. The molecule has 2 amide bonds. The van der Waals surface area contributed by atoms with Crippen molar-refractivity contribution >= 4 is 11.8 Å². The number of benzene rings is 1. The molecule has 1 aliphatic heterocycles. The van der Waals surface area contributed by atoms with E-state index in [1.807, 2.05) is 32.0 Å². The van der Waals surface area contributed by atoms with E-state index in [2.05, 4.69) is 5.32 Å². The number of nitrogens with one attached hydrogen (secondary N) is 1. The van der Waals surface area contributed by atoms with Crippen LogP contribution >= 0.6 is 0 Å². The van der Waals surface area contributed by atoms with Crippen molar-refractivity contribution in [1.82, 2.24) is 10.2 Å². The monoisotopic (exact) mass is 276 g/mol. The lowest BCUT2D eigenvalue weighted by molar-refractivity contribution is -0.143. The highest BCUT2D eigenvalue weighted by Crippen LogP contribution is 2.20. The number of aryl methyl sites for hydroxylation is 1. The van der Waals surface area contributed by atoms with Crippen LogP contribution in [0.5, 0.6) is 5.75 Å². The van der Waals surface area contributed by atoms with Crippen molar-refractivity contribution in [1.29, 1.82) is 0 Å². The summed E-state index contributed by atoms with van der Waals surface area (Å²) in [7, 11) is 0. The average Bonchev–Trinajstić information content (AvgIpc) is 2.43. The fourth-order valence-electron chi connectivity index (χ4n) is 2.23. The topological polar surface area (TPSA) is 58.6 Å². The van der Waals surface area contributed by atoms with Crippen molar-refractivity contribution in [3.63, 3.8) is 0 Å². The molecule has 108 valence electrons. The maximum Gasteiger partial charge on any atom is 0.261 e. The first kappa shape index (κ1) is 14.4. The van der Waals surface area contributed by atoms with E-state index in [1.165, 1.54) is 0 Å². The molecule has 0 radical (unpaired) electrons. The van der Waals surface area contributed by atoms with E-state index in [0.29, 0.717) is 18.8 Å². The summed E-state index contributed by atoms with van der Waals surface area (Å²) in [4.78, 5) is 25.2. The number of carbonyl (C=O) groups is 2. The van der Waals surface area contributed by atoms with E-state index >= 15 is 0 Å². The number of piperazine rings is 1. The van der Waals surface area contributed by atoms with Crippen LogP contribution < -0.4 is 10.1 Å². The van der Waals surface area contributed by atoms with E-state index in [0.717, 1.165) is 11.1 Å². The molecule has 0 saturated carbocycles. The Balaban J connectivity index is 1.98. The number of hydrogen-bond donors (Lipinski definition) is 1. The average molecular weight is 276 g/mol. The van der Waals surface area contributed by atoms with Gasteiger partial charge in [-0.15, -0.1) is 0 Å². The molecule has 1 saturated heterocycles. The predicted molar refractivity (Wildman–Crippen MR) is 75.6 cm³/mol. The highest BCUT2D eigenvalue weighted by atomic mass is 16.5. The lowest BCUT2D eigenvalue weighted by Crippen LogP contribution is -2.56. The molecule has 1 N–H and O–H groups in total. The summed E-state index contributed by atoms with van der Waals surface area (Å²) in [6, 6.07) is 5.32. The van der Waals surface area contributed by atoms with Crippen LogP contribution in [0.4, 0.5) is 0 Å². The van der Waals surface area contributed by atoms with Gasteiger partial charge in [-0.05, 0) is 38.0 Å². The van der Waals surface area contributed by atoms with E-state index in [1.54, 1.807) is 11.8 Å². The molecule has 0 bridgehead atoms. The third-order valence-corrected chi connectivity index (χ3v) is 3.73. The maximum absolute atomic E-state index is 12.1. The van der Waals surface area contributed by atoms with Crippen molar-refractivity contribution in [3.05, 3.63) is 29.3 Å². The van der Waals surface area contributed by atoms with Gasteiger partial charge in [0.15, 0.2) is 6.61 Å². The Hall–Kier alpha value is -2.04. The molecule has 20 heavy (non-hydrogen) atoms. The summed E-state index contributed by atoms with van der Waals surface area (Å²) in [6.07, 6.45) is 0. The Bertz CT molecular complexity index is 528. The van der Waals surface area contributed by atoms with Crippen LogP contribution in [-0.4, -0.2) is 42.5 Å². The Morgan fingerprint density at radius 1 is 1.45 bits per heavy atom. The molecule has 1 atom stereocenters.